The van der Waals surface area contributed by atoms with E-state index >= 15 is 0 Å². The Morgan fingerprint density at radius 3 is 2.61 bits per heavy atom. The summed E-state index contributed by atoms with van der Waals surface area (Å²) in [6.07, 6.45) is -1.27. The van der Waals surface area contributed by atoms with E-state index in [1.165, 1.54) is 36.5 Å². The van der Waals surface area contributed by atoms with Crippen molar-refractivity contribution in [1.82, 2.24) is 14.8 Å². The zero-order valence-corrected chi connectivity index (χ0v) is 16.1. The van der Waals surface area contributed by atoms with Crippen LogP contribution in [-0.2, 0) is 21.4 Å². The predicted molar refractivity (Wildman–Crippen MR) is 99.9 cm³/mol. The Bertz CT molecular complexity index is 1060. The summed E-state index contributed by atoms with van der Waals surface area (Å²) >= 11 is 1.14. The van der Waals surface area contributed by atoms with E-state index in [1.54, 1.807) is 12.3 Å². The number of rotatable bonds is 7. The number of halogens is 2. The maximum absolute atomic E-state index is 13.0. The summed E-state index contributed by atoms with van der Waals surface area (Å²) in [5, 5.41) is 8.27. The molecule has 0 saturated heterocycles. The number of hydrogen-bond acceptors (Lipinski definition) is 6. The fourth-order valence-electron chi connectivity index (χ4n) is 2.37. The molecule has 12 heteroatoms. The average Bonchev–Trinajstić information content (AvgIpc) is 3.24. The molecule has 1 aromatic carbocycles. The lowest BCUT2D eigenvalue weighted by Crippen LogP contribution is -2.21. The van der Waals surface area contributed by atoms with Gasteiger partial charge in [0.05, 0.1) is 10.6 Å². The highest BCUT2D eigenvalue weighted by Gasteiger charge is 2.18. The number of hydrogen-bond donors (Lipinski definition) is 2. The molecule has 3 aromatic rings. The Balaban J connectivity index is 1.66. The summed E-state index contributed by atoms with van der Waals surface area (Å²) < 4.78 is 53.7. The van der Waals surface area contributed by atoms with Crippen LogP contribution in [0, 0.1) is 6.92 Å². The van der Waals surface area contributed by atoms with Crippen LogP contribution in [0.3, 0.4) is 0 Å². The lowest BCUT2D eigenvalue weighted by Gasteiger charge is -2.09. The predicted octanol–water partition coefficient (Wildman–Crippen LogP) is 3.03. The molecule has 0 aliphatic carbocycles. The second-order valence-corrected chi connectivity index (χ2v) is 8.26. The van der Waals surface area contributed by atoms with Crippen LogP contribution < -0.4 is 10.0 Å². The number of thiazole rings is 1. The lowest BCUT2D eigenvalue weighted by molar-refractivity contribution is -0.117. The summed E-state index contributed by atoms with van der Waals surface area (Å²) in [5.74, 6) is -0.568. The molecule has 2 heterocycles. The summed E-state index contributed by atoms with van der Waals surface area (Å²) in [7, 11) is -3.80. The fourth-order valence-corrected chi connectivity index (χ4v) is 4.16. The molecule has 0 spiro atoms. The Labute approximate surface area is 163 Å². The van der Waals surface area contributed by atoms with Crippen LogP contribution in [0.15, 0.2) is 46.8 Å². The quantitative estimate of drug-likeness (QED) is 0.603. The Morgan fingerprint density at radius 2 is 2.00 bits per heavy atom. The van der Waals surface area contributed by atoms with Crippen molar-refractivity contribution in [3.63, 3.8) is 0 Å². The van der Waals surface area contributed by atoms with E-state index in [9.17, 15) is 22.0 Å². The van der Waals surface area contributed by atoms with Gasteiger partial charge in [0.2, 0.25) is 5.91 Å². The minimum atomic E-state index is -3.80. The molecule has 1 amide bonds. The van der Waals surface area contributed by atoms with E-state index in [-0.39, 0.29) is 22.3 Å². The van der Waals surface area contributed by atoms with Gasteiger partial charge >= 0.3 is 0 Å². The molecular formula is C16H15F2N5O3S2. The average molecular weight is 427 g/mol. The molecule has 0 atom stereocenters. The Morgan fingerprint density at radius 1 is 1.29 bits per heavy atom. The van der Waals surface area contributed by atoms with Crippen molar-refractivity contribution >= 4 is 38.1 Å². The second-order valence-electron chi connectivity index (χ2n) is 5.68. The summed E-state index contributed by atoms with van der Waals surface area (Å²) in [6.45, 7) is 1.17. The molecule has 0 unspecified atom stereocenters. The van der Waals surface area contributed by atoms with Crippen molar-refractivity contribution < 1.29 is 22.0 Å². The molecule has 2 N–H and O–H groups in total. The van der Waals surface area contributed by atoms with Crippen LogP contribution in [0.2, 0.25) is 0 Å². The molecule has 0 bridgehead atoms. The number of carbonyl (C=O) groups excluding carboxylic acids is 1. The van der Waals surface area contributed by atoms with E-state index in [4.69, 9.17) is 0 Å². The van der Waals surface area contributed by atoms with Gasteiger partial charge in [-0.2, -0.15) is 5.10 Å². The lowest BCUT2D eigenvalue weighted by atomic mass is 10.3. The second kappa shape index (κ2) is 8.02. The third-order valence-electron chi connectivity index (χ3n) is 3.55. The topological polar surface area (TPSA) is 106 Å². The van der Waals surface area contributed by atoms with Gasteiger partial charge < -0.3 is 5.32 Å². The van der Waals surface area contributed by atoms with Crippen LogP contribution >= 0.6 is 11.3 Å². The summed E-state index contributed by atoms with van der Waals surface area (Å²) in [6, 6.07) is 6.64. The number of nitrogens with zero attached hydrogens (tertiary/aromatic N) is 3. The largest absolute Gasteiger partial charge is 0.324 e. The third kappa shape index (κ3) is 4.70. The monoisotopic (exact) mass is 427 g/mol. The smallest absolute Gasteiger partial charge is 0.280 e. The van der Waals surface area contributed by atoms with Gasteiger partial charge in [-0.05, 0) is 37.3 Å². The van der Waals surface area contributed by atoms with Crippen LogP contribution in [0.4, 0.5) is 19.6 Å². The zero-order valence-electron chi connectivity index (χ0n) is 14.5. The van der Waals surface area contributed by atoms with Crippen molar-refractivity contribution in [2.45, 2.75) is 24.8 Å². The van der Waals surface area contributed by atoms with Gasteiger partial charge in [0.25, 0.3) is 16.4 Å². The first-order valence-electron chi connectivity index (χ1n) is 7.89. The van der Waals surface area contributed by atoms with E-state index < -0.39 is 22.4 Å². The van der Waals surface area contributed by atoms with Crippen LogP contribution in [0.5, 0.6) is 0 Å². The molecular weight excluding hydrogens is 412 g/mol. The minimum Gasteiger partial charge on any atom is -0.324 e. The van der Waals surface area contributed by atoms with E-state index in [1.807, 2.05) is 0 Å². The molecule has 2 aromatic heterocycles. The van der Waals surface area contributed by atoms with Crippen LogP contribution in [-0.4, -0.2) is 29.1 Å². The first-order chi connectivity index (χ1) is 13.2. The van der Waals surface area contributed by atoms with E-state index in [0.29, 0.717) is 11.4 Å². The highest BCUT2D eigenvalue weighted by Crippen LogP contribution is 2.21. The van der Waals surface area contributed by atoms with E-state index in [0.717, 1.165) is 16.0 Å². The minimum absolute atomic E-state index is 0.0108. The first-order valence-corrected chi connectivity index (χ1v) is 10.3. The molecule has 3 rings (SSSR count). The maximum Gasteiger partial charge on any atom is 0.280 e. The number of aromatic nitrogens is 3. The molecule has 148 valence electrons. The Hall–Kier alpha value is -2.86. The number of anilines is 2. The van der Waals surface area contributed by atoms with Gasteiger partial charge in [-0.3, -0.25) is 14.2 Å². The van der Waals surface area contributed by atoms with Gasteiger partial charge in [-0.25, -0.2) is 22.2 Å². The number of carbonyl (C=O) groups is 1. The third-order valence-corrected chi connectivity index (χ3v) is 5.73. The number of amides is 1. The van der Waals surface area contributed by atoms with Crippen molar-refractivity contribution in [3.8, 4) is 0 Å². The van der Waals surface area contributed by atoms with Gasteiger partial charge in [-0.1, -0.05) is 0 Å². The number of nitrogens with one attached hydrogen (secondary N) is 2. The standard InChI is InChI=1S/C16H15F2N5O3S2/c1-10-8-13(15(17)18)23(21-10)9-14(24)20-11-2-4-12(5-3-11)28(25,26)22-16-19-6-7-27-16/h2-8,15H,9H2,1H3,(H,19,22)(H,20,24). The van der Waals surface area contributed by atoms with Crippen molar-refractivity contribution in [3.05, 3.63) is 53.3 Å². The van der Waals surface area contributed by atoms with Gasteiger partial charge in [0, 0.05) is 17.3 Å². The SMILES string of the molecule is Cc1cc(C(F)F)n(CC(=O)Nc2ccc(S(=O)(=O)Nc3nccs3)cc2)n1. The van der Waals surface area contributed by atoms with Crippen molar-refractivity contribution in [1.29, 1.82) is 0 Å². The van der Waals surface area contributed by atoms with Crippen LogP contribution in [0.25, 0.3) is 0 Å². The number of sulfonamides is 1. The van der Waals surface area contributed by atoms with Gasteiger partial charge in [0.15, 0.2) is 5.13 Å². The molecule has 0 radical (unpaired) electrons. The Kier molecular flexibility index (Phi) is 5.70. The highest BCUT2D eigenvalue weighted by atomic mass is 32.2. The van der Waals surface area contributed by atoms with Crippen molar-refractivity contribution in [2.75, 3.05) is 10.0 Å². The van der Waals surface area contributed by atoms with Gasteiger partial charge in [-0.15, -0.1) is 11.3 Å². The molecule has 28 heavy (non-hydrogen) atoms. The van der Waals surface area contributed by atoms with Crippen LogP contribution in [0.1, 0.15) is 17.8 Å². The maximum atomic E-state index is 13.0. The summed E-state index contributed by atoms with van der Waals surface area (Å²) in [4.78, 5) is 15.9. The zero-order chi connectivity index (χ0) is 20.3. The highest BCUT2D eigenvalue weighted by molar-refractivity contribution is 7.93. The number of benzene rings is 1. The number of aryl methyl sites for hydroxylation is 1. The molecule has 0 aliphatic heterocycles. The van der Waals surface area contributed by atoms with Crippen molar-refractivity contribution in [2.24, 2.45) is 0 Å². The first kappa shape index (κ1) is 19.9. The van der Waals surface area contributed by atoms with Gasteiger partial charge in [0.1, 0.15) is 12.2 Å². The number of alkyl halides is 2. The summed E-state index contributed by atoms with van der Waals surface area (Å²) in [5.41, 5.74) is 0.355. The fraction of sp³-hybridized carbons (Fsp3) is 0.188. The normalized spacial score (nSPS) is 11.6. The molecule has 0 saturated carbocycles. The molecule has 0 aliphatic rings. The molecule has 8 nitrogen and oxygen atoms in total. The van der Waals surface area contributed by atoms with E-state index in [2.05, 4.69) is 20.1 Å². The molecule has 0 fully saturated rings.